The fourth-order valence-corrected chi connectivity index (χ4v) is 3.98. The van der Waals surface area contributed by atoms with E-state index >= 15 is 0 Å². The highest BCUT2D eigenvalue weighted by Crippen LogP contribution is 2.30. The molecule has 7 heteroatoms. The zero-order chi connectivity index (χ0) is 20.3. The molecule has 0 bridgehead atoms. The predicted octanol–water partition coefficient (Wildman–Crippen LogP) is 4.66. The summed E-state index contributed by atoms with van der Waals surface area (Å²) in [5, 5.41) is 3.46. The lowest BCUT2D eigenvalue weighted by Crippen LogP contribution is -2.50. The van der Waals surface area contributed by atoms with Crippen LogP contribution in [0.1, 0.15) is 24.2 Å². The SMILES string of the molecule is CC(C)C(=O)N1CCN(c2ccc(NC(=O)c3ccccc3Br)cc2Cl)CC1. The molecule has 28 heavy (non-hydrogen) atoms. The van der Waals surface area contributed by atoms with Crippen LogP contribution in [-0.4, -0.2) is 42.9 Å². The van der Waals surface area contributed by atoms with E-state index in [1.807, 2.05) is 49.1 Å². The quantitative estimate of drug-likeness (QED) is 0.716. The fraction of sp³-hybridized carbons (Fsp3) is 0.333. The van der Waals surface area contributed by atoms with Gasteiger partial charge in [0, 0.05) is 42.3 Å². The molecule has 3 rings (SSSR count). The highest BCUT2D eigenvalue weighted by atomic mass is 79.9. The maximum absolute atomic E-state index is 12.5. The van der Waals surface area contributed by atoms with E-state index in [0.29, 0.717) is 29.4 Å². The van der Waals surface area contributed by atoms with Gasteiger partial charge < -0.3 is 15.1 Å². The van der Waals surface area contributed by atoms with E-state index in [1.54, 1.807) is 12.1 Å². The minimum atomic E-state index is -0.197. The lowest BCUT2D eigenvalue weighted by molar-refractivity contribution is -0.134. The van der Waals surface area contributed by atoms with Crippen LogP contribution in [0.5, 0.6) is 0 Å². The number of benzene rings is 2. The van der Waals surface area contributed by atoms with E-state index in [0.717, 1.165) is 23.2 Å². The largest absolute Gasteiger partial charge is 0.367 e. The third-order valence-corrected chi connectivity index (χ3v) is 5.74. The predicted molar refractivity (Wildman–Crippen MR) is 117 cm³/mol. The van der Waals surface area contributed by atoms with Crippen LogP contribution in [0, 0.1) is 5.92 Å². The number of carbonyl (C=O) groups is 2. The normalized spacial score (nSPS) is 14.3. The second-order valence-corrected chi connectivity index (χ2v) is 8.33. The van der Waals surface area contributed by atoms with Crippen LogP contribution in [0.15, 0.2) is 46.9 Å². The number of amides is 2. The van der Waals surface area contributed by atoms with Gasteiger partial charge in [-0.25, -0.2) is 0 Å². The van der Waals surface area contributed by atoms with Gasteiger partial charge in [-0.15, -0.1) is 0 Å². The Balaban J connectivity index is 1.66. The molecule has 2 aromatic rings. The van der Waals surface area contributed by atoms with Crippen molar-refractivity contribution in [1.82, 2.24) is 4.90 Å². The molecule has 1 heterocycles. The van der Waals surface area contributed by atoms with Gasteiger partial charge in [0.2, 0.25) is 5.91 Å². The lowest BCUT2D eigenvalue weighted by atomic mass is 10.1. The summed E-state index contributed by atoms with van der Waals surface area (Å²) in [6, 6.07) is 12.8. The number of hydrogen-bond donors (Lipinski definition) is 1. The average Bonchev–Trinajstić information content (AvgIpc) is 2.68. The molecule has 5 nitrogen and oxygen atoms in total. The minimum absolute atomic E-state index is 0.0164. The van der Waals surface area contributed by atoms with Crippen molar-refractivity contribution in [1.29, 1.82) is 0 Å². The molecule has 1 aliphatic heterocycles. The summed E-state index contributed by atoms with van der Waals surface area (Å²) in [6.07, 6.45) is 0. The molecule has 0 spiro atoms. The van der Waals surface area contributed by atoms with Crippen molar-refractivity contribution in [2.75, 3.05) is 36.4 Å². The Bertz CT molecular complexity index is 880. The Labute approximate surface area is 178 Å². The number of halogens is 2. The molecular formula is C21H23BrClN3O2. The van der Waals surface area contributed by atoms with Crippen molar-refractivity contribution in [2.45, 2.75) is 13.8 Å². The van der Waals surface area contributed by atoms with Gasteiger partial charge in [-0.2, -0.15) is 0 Å². The van der Waals surface area contributed by atoms with Gasteiger partial charge in [0.15, 0.2) is 0 Å². The number of piperazine rings is 1. The van der Waals surface area contributed by atoms with Gasteiger partial charge in [-0.1, -0.05) is 37.6 Å². The Hall–Kier alpha value is -2.05. The van der Waals surface area contributed by atoms with Gasteiger partial charge in [0.25, 0.3) is 5.91 Å². The molecule has 0 unspecified atom stereocenters. The van der Waals surface area contributed by atoms with Crippen LogP contribution < -0.4 is 10.2 Å². The zero-order valence-electron chi connectivity index (χ0n) is 15.9. The van der Waals surface area contributed by atoms with E-state index in [2.05, 4.69) is 26.1 Å². The van der Waals surface area contributed by atoms with Crippen molar-refractivity contribution in [3.8, 4) is 0 Å². The summed E-state index contributed by atoms with van der Waals surface area (Å²) in [7, 11) is 0. The van der Waals surface area contributed by atoms with E-state index in [-0.39, 0.29) is 17.7 Å². The molecule has 1 fully saturated rings. The first kappa shape index (κ1) is 20.7. The number of nitrogens with one attached hydrogen (secondary N) is 1. The van der Waals surface area contributed by atoms with E-state index in [1.165, 1.54) is 0 Å². The molecule has 0 aliphatic carbocycles. The zero-order valence-corrected chi connectivity index (χ0v) is 18.3. The summed E-state index contributed by atoms with van der Waals surface area (Å²) < 4.78 is 0.740. The smallest absolute Gasteiger partial charge is 0.256 e. The molecule has 2 aromatic carbocycles. The van der Waals surface area contributed by atoms with Gasteiger partial charge >= 0.3 is 0 Å². The number of nitrogens with zero attached hydrogens (tertiary/aromatic N) is 2. The van der Waals surface area contributed by atoms with E-state index in [4.69, 9.17) is 11.6 Å². The summed E-state index contributed by atoms with van der Waals surface area (Å²) in [6.45, 7) is 6.70. The monoisotopic (exact) mass is 463 g/mol. The number of hydrogen-bond acceptors (Lipinski definition) is 3. The summed E-state index contributed by atoms with van der Waals surface area (Å²) >= 11 is 9.88. The molecule has 148 valence electrons. The summed E-state index contributed by atoms with van der Waals surface area (Å²) in [4.78, 5) is 28.7. The first-order valence-corrected chi connectivity index (χ1v) is 10.4. The number of anilines is 2. The summed E-state index contributed by atoms with van der Waals surface area (Å²) in [5.41, 5.74) is 2.12. The Kier molecular flexibility index (Phi) is 6.62. The average molecular weight is 465 g/mol. The van der Waals surface area contributed by atoms with Gasteiger partial charge in [-0.05, 0) is 46.3 Å². The van der Waals surface area contributed by atoms with Gasteiger partial charge in [0.05, 0.1) is 16.3 Å². The maximum Gasteiger partial charge on any atom is 0.256 e. The summed E-state index contributed by atoms with van der Waals surface area (Å²) in [5.74, 6) is 0.00988. The molecule has 0 aromatic heterocycles. The third-order valence-electron chi connectivity index (χ3n) is 4.75. The van der Waals surface area contributed by atoms with Gasteiger partial charge in [0.1, 0.15) is 0 Å². The highest BCUT2D eigenvalue weighted by molar-refractivity contribution is 9.10. The maximum atomic E-state index is 12.5. The Morgan fingerprint density at radius 2 is 1.75 bits per heavy atom. The van der Waals surface area contributed by atoms with Crippen molar-refractivity contribution in [2.24, 2.45) is 5.92 Å². The van der Waals surface area contributed by atoms with Crippen LogP contribution in [0.3, 0.4) is 0 Å². The molecule has 1 N–H and O–H groups in total. The van der Waals surface area contributed by atoms with Crippen LogP contribution in [0.2, 0.25) is 5.02 Å². The molecule has 0 radical (unpaired) electrons. The van der Waals surface area contributed by atoms with Gasteiger partial charge in [-0.3, -0.25) is 9.59 Å². The second-order valence-electron chi connectivity index (χ2n) is 7.07. The van der Waals surface area contributed by atoms with Crippen molar-refractivity contribution in [3.63, 3.8) is 0 Å². The molecular weight excluding hydrogens is 442 g/mol. The minimum Gasteiger partial charge on any atom is -0.367 e. The second kappa shape index (κ2) is 8.97. The fourth-order valence-electron chi connectivity index (χ4n) is 3.22. The van der Waals surface area contributed by atoms with Crippen LogP contribution in [0.25, 0.3) is 0 Å². The highest BCUT2D eigenvalue weighted by Gasteiger charge is 2.24. The third kappa shape index (κ3) is 4.67. The van der Waals surface area contributed by atoms with Crippen LogP contribution >= 0.6 is 27.5 Å². The van der Waals surface area contributed by atoms with E-state index in [9.17, 15) is 9.59 Å². The molecule has 1 saturated heterocycles. The van der Waals surface area contributed by atoms with Crippen LogP contribution in [-0.2, 0) is 4.79 Å². The standard InChI is InChI=1S/C21H23BrClN3O2/c1-14(2)21(28)26-11-9-25(10-12-26)19-8-7-15(13-18(19)23)24-20(27)16-5-3-4-6-17(16)22/h3-8,13-14H,9-12H2,1-2H3,(H,24,27). The Morgan fingerprint density at radius 3 is 2.36 bits per heavy atom. The number of rotatable bonds is 4. The molecule has 1 aliphatic rings. The molecule has 0 saturated carbocycles. The van der Waals surface area contributed by atoms with Crippen molar-refractivity contribution < 1.29 is 9.59 Å². The van der Waals surface area contributed by atoms with E-state index < -0.39 is 0 Å². The Morgan fingerprint density at radius 1 is 1.07 bits per heavy atom. The first-order chi connectivity index (χ1) is 13.4. The first-order valence-electron chi connectivity index (χ1n) is 9.26. The van der Waals surface area contributed by atoms with Crippen molar-refractivity contribution >= 4 is 50.7 Å². The molecule has 2 amide bonds. The number of carbonyl (C=O) groups excluding carboxylic acids is 2. The molecule has 0 atom stereocenters. The lowest BCUT2D eigenvalue weighted by Gasteiger charge is -2.37. The topological polar surface area (TPSA) is 52.7 Å². The van der Waals surface area contributed by atoms with Crippen LogP contribution in [0.4, 0.5) is 11.4 Å². The van der Waals surface area contributed by atoms with Crippen molar-refractivity contribution in [3.05, 3.63) is 57.5 Å².